The second-order valence-corrected chi connectivity index (χ2v) is 17.8. The normalized spacial score (nSPS) is 12.8. The zero-order valence-electron chi connectivity index (χ0n) is 38.1. The SMILES string of the molecule is CCCCCCCCOc1ccc(-c2ccc3c(c2)C(CCCCCCCC)(CCCCCCCC)c2cc(-c4ccc(OCCCCCCC)cc4F)ccc2-3)c(F)c1. The third-order valence-electron chi connectivity index (χ3n) is 13.1. The van der Waals surface area contributed by atoms with E-state index in [0.29, 0.717) is 35.8 Å². The molecule has 2 nitrogen and oxygen atoms in total. The smallest absolute Gasteiger partial charge is 0.134 e. The highest BCUT2D eigenvalue weighted by Crippen LogP contribution is 2.56. The van der Waals surface area contributed by atoms with Crippen molar-refractivity contribution in [3.8, 4) is 44.9 Å². The molecule has 0 fully saturated rings. The van der Waals surface area contributed by atoms with Crippen LogP contribution in [-0.4, -0.2) is 13.2 Å². The van der Waals surface area contributed by atoms with Gasteiger partial charge in [-0.15, -0.1) is 0 Å². The van der Waals surface area contributed by atoms with Crippen molar-refractivity contribution in [2.75, 3.05) is 13.2 Å². The monoisotopic (exact) mass is 821 g/mol. The Hall–Kier alpha value is -3.66. The van der Waals surface area contributed by atoms with E-state index in [1.165, 1.54) is 131 Å². The predicted octanol–water partition coefficient (Wildman–Crippen LogP) is 18.2. The molecule has 4 aromatic rings. The van der Waals surface area contributed by atoms with E-state index in [9.17, 15) is 0 Å². The molecule has 0 saturated heterocycles. The summed E-state index contributed by atoms with van der Waals surface area (Å²) in [6, 6.07) is 24.0. The Morgan fingerprint density at radius 1 is 0.367 bits per heavy atom. The first-order valence-electron chi connectivity index (χ1n) is 24.6. The Morgan fingerprint density at radius 3 is 1.07 bits per heavy atom. The van der Waals surface area contributed by atoms with Crippen molar-refractivity contribution in [1.29, 1.82) is 0 Å². The fourth-order valence-electron chi connectivity index (χ4n) is 9.52. The molecule has 4 aromatic carbocycles. The average Bonchev–Trinajstić information content (AvgIpc) is 3.52. The highest BCUT2D eigenvalue weighted by molar-refractivity contribution is 5.86. The van der Waals surface area contributed by atoms with Crippen LogP contribution in [0.3, 0.4) is 0 Å². The van der Waals surface area contributed by atoms with Gasteiger partial charge in [-0.2, -0.15) is 0 Å². The number of unbranched alkanes of at least 4 members (excludes halogenated alkanes) is 19. The summed E-state index contributed by atoms with van der Waals surface area (Å²) in [7, 11) is 0. The second kappa shape index (κ2) is 26.0. The molecule has 1 aliphatic rings. The van der Waals surface area contributed by atoms with E-state index in [2.05, 4.69) is 64.1 Å². The van der Waals surface area contributed by atoms with E-state index >= 15 is 8.78 Å². The molecule has 4 heteroatoms. The molecule has 60 heavy (non-hydrogen) atoms. The number of fused-ring (bicyclic) bond motifs is 3. The molecule has 328 valence electrons. The number of ether oxygens (including phenoxy) is 2. The molecular formula is C56H78F2O2. The van der Waals surface area contributed by atoms with Gasteiger partial charge in [-0.05, 0) is 95.5 Å². The van der Waals surface area contributed by atoms with Gasteiger partial charge in [0, 0.05) is 28.7 Å². The fraction of sp³-hybridized carbons (Fsp3) is 0.571. The van der Waals surface area contributed by atoms with Crippen molar-refractivity contribution >= 4 is 0 Å². The third kappa shape index (κ3) is 13.4. The van der Waals surface area contributed by atoms with E-state index < -0.39 is 0 Å². The molecule has 0 aliphatic heterocycles. The lowest BCUT2D eigenvalue weighted by molar-refractivity contribution is 0.303. The first-order valence-corrected chi connectivity index (χ1v) is 24.6. The lowest BCUT2D eigenvalue weighted by Gasteiger charge is -2.33. The van der Waals surface area contributed by atoms with Gasteiger partial charge in [-0.3, -0.25) is 0 Å². The van der Waals surface area contributed by atoms with Gasteiger partial charge >= 0.3 is 0 Å². The minimum absolute atomic E-state index is 0.236. The van der Waals surface area contributed by atoms with Gasteiger partial charge in [0.2, 0.25) is 0 Å². The second-order valence-electron chi connectivity index (χ2n) is 17.8. The number of benzene rings is 4. The van der Waals surface area contributed by atoms with Crippen molar-refractivity contribution in [1.82, 2.24) is 0 Å². The summed E-state index contributed by atoms with van der Waals surface area (Å²) in [5, 5.41) is 0. The molecule has 0 saturated carbocycles. The topological polar surface area (TPSA) is 18.5 Å². The summed E-state index contributed by atoms with van der Waals surface area (Å²) in [6.45, 7) is 10.2. The Bertz CT molecular complexity index is 1830. The van der Waals surface area contributed by atoms with Crippen LogP contribution in [-0.2, 0) is 5.41 Å². The maximum absolute atomic E-state index is 16.1. The maximum atomic E-state index is 16.1. The summed E-state index contributed by atoms with van der Waals surface area (Å²) in [5.41, 5.74) is 7.88. The molecule has 0 radical (unpaired) electrons. The number of rotatable bonds is 31. The Kier molecular flexibility index (Phi) is 20.5. The number of hydrogen-bond acceptors (Lipinski definition) is 2. The van der Waals surface area contributed by atoms with Crippen molar-refractivity contribution < 1.29 is 18.3 Å². The van der Waals surface area contributed by atoms with Crippen molar-refractivity contribution in [3.63, 3.8) is 0 Å². The van der Waals surface area contributed by atoms with Crippen LogP contribution >= 0.6 is 0 Å². The molecule has 0 amide bonds. The van der Waals surface area contributed by atoms with Gasteiger partial charge in [-0.1, -0.05) is 187 Å². The van der Waals surface area contributed by atoms with Gasteiger partial charge < -0.3 is 9.47 Å². The maximum Gasteiger partial charge on any atom is 0.134 e. The molecule has 0 bridgehead atoms. The van der Waals surface area contributed by atoms with Gasteiger partial charge in [0.05, 0.1) is 13.2 Å². The largest absolute Gasteiger partial charge is 0.493 e. The molecular weight excluding hydrogens is 743 g/mol. The van der Waals surface area contributed by atoms with E-state index in [-0.39, 0.29) is 17.0 Å². The van der Waals surface area contributed by atoms with Crippen molar-refractivity contribution in [2.24, 2.45) is 0 Å². The highest BCUT2D eigenvalue weighted by Gasteiger charge is 2.42. The summed E-state index contributed by atoms with van der Waals surface area (Å²) < 4.78 is 44.1. The zero-order valence-corrected chi connectivity index (χ0v) is 38.1. The predicted molar refractivity (Wildman–Crippen MR) is 253 cm³/mol. The minimum atomic E-state index is -0.247. The third-order valence-corrected chi connectivity index (χ3v) is 13.1. The van der Waals surface area contributed by atoms with Crippen LogP contribution in [0.2, 0.25) is 0 Å². The van der Waals surface area contributed by atoms with Crippen LogP contribution in [0, 0.1) is 11.6 Å². The van der Waals surface area contributed by atoms with Crippen LogP contribution in [0.5, 0.6) is 11.5 Å². The van der Waals surface area contributed by atoms with Gasteiger partial charge in [0.1, 0.15) is 23.1 Å². The molecule has 0 N–H and O–H groups in total. The summed E-state index contributed by atoms with van der Waals surface area (Å²) in [5.74, 6) is 0.701. The quantitative estimate of drug-likeness (QED) is 0.0471. The molecule has 0 atom stereocenters. The van der Waals surface area contributed by atoms with Crippen LogP contribution < -0.4 is 9.47 Å². The molecule has 1 aliphatic carbocycles. The number of hydrogen-bond donors (Lipinski definition) is 0. The number of halogens is 2. The fourth-order valence-corrected chi connectivity index (χ4v) is 9.52. The first-order chi connectivity index (χ1) is 29.4. The molecule has 0 heterocycles. The molecule has 5 rings (SSSR count). The molecule has 0 spiro atoms. The van der Waals surface area contributed by atoms with E-state index in [0.717, 1.165) is 62.5 Å². The van der Waals surface area contributed by atoms with Gasteiger partial charge in [-0.25, -0.2) is 8.78 Å². The standard InChI is InChI=1S/C56H78F2O2/c1-5-9-13-17-20-24-36-56(37-25-21-18-14-10-6-2)52-40-44(48-34-30-46(42-54(48)57)59-38-26-22-16-12-8-4)28-32-50(52)51-33-29-45(41-53(51)56)49-35-31-47(43-55(49)58)60-39-27-23-19-15-11-7-3/h28-35,40-43H,5-27,36-39H2,1-4H3. The van der Waals surface area contributed by atoms with Crippen LogP contribution in [0.4, 0.5) is 8.78 Å². The average molecular weight is 821 g/mol. The van der Waals surface area contributed by atoms with Crippen molar-refractivity contribution in [3.05, 3.63) is 95.6 Å². The van der Waals surface area contributed by atoms with E-state index in [1.807, 2.05) is 24.3 Å². The lowest BCUT2D eigenvalue weighted by Crippen LogP contribution is -2.25. The van der Waals surface area contributed by atoms with Crippen LogP contribution in [0.1, 0.15) is 199 Å². The zero-order chi connectivity index (χ0) is 42.4. The molecule has 0 aromatic heterocycles. The van der Waals surface area contributed by atoms with E-state index in [1.54, 1.807) is 12.1 Å². The van der Waals surface area contributed by atoms with Crippen LogP contribution in [0.25, 0.3) is 33.4 Å². The summed E-state index contributed by atoms with van der Waals surface area (Å²) in [6.07, 6.45) is 29.8. The van der Waals surface area contributed by atoms with Gasteiger partial charge in [0.25, 0.3) is 0 Å². The Labute approximate surface area is 364 Å². The van der Waals surface area contributed by atoms with Gasteiger partial charge in [0.15, 0.2) is 0 Å². The Balaban J connectivity index is 1.46. The summed E-state index contributed by atoms with van der Waals surface area (Å²) >= 11 is 0. The van der Waals surface area contributed by atoms with Crippen molar-refractivity contribution in [2.45, 2.75) is 194 Å². The first kappa shape index (κ1) is 47.4. The summed E-state index contributed by atoms with van der Waals surface area (Å²) in [4.78, 5) is 0. The Morgan fingerprint density at radius 2 is 0.700 bits per heavy atom. The highest BCUT2D eigenvalue weighted by atomic mass is 19.1. The lowest BCUT2D eigenvalue weighted by atomic mass is 9.70. The van der Waals surface area contributed by atoms with Crippen LogP contribution in [0.15, 0.2) is 72.8 Å². The molecule has 0 unspecified atom stereocenters. The minimum Gasteiger partial charge on any atom is -0.493 e. The van der Waals surface area contributed by atoms with E-state index in [4.69, 9.17) is 9.47 Å².